The van der Waals surface area contributed by atoms with E-state index in [1.54, 1.807) is 0 Å². The van der Waals surface area contributed by atoms with E-state index in [0.717, 1.165) is 24.7 Å². The number of Topliss-reactive ketones (excluding diaryl/α,β-unsaturated/α-hetero) is 1. The number of ketones is 1. The van der Waals surface area contributed by atoms with Crippen LogP contribution in [0.25, 0.3) is 0 Å². The molecule has 1 heteroatoms. The Morgan fingerprint density at radius 2 is 1.67 bits per heavy atom. The summed E-state index contributed by atoms with van der Waals surface area (Å²) in [6.07, 6.45) is 11.1. The molecular formula is C14H24O. The summed E-state index contributed by atoms with van der Waals surface area (Å²) in [7, 11) is 0. The molecule has 0 radical (unpaired) electrons. The molecule has 0 aromatic rings. The van der Waals surface area contributed by atoms with Gasteiger partial charge in [0.15, 0.2) is 0 Å². The van der Waals surface area contributed by atoms with Gasteiger partial charge in [-0.3, -0.25) is 4.79 Å². The van der Waals surface area contributed by atoms with Crippen molar-refractivity contribution in [3.63, 3.8) is 0 Å². The lowest BCUT2D eigenvalue weighted by Gasteiger charge is -2.31. The van der Waals surface area contributed by atoms with Gasteiger partial charge in [0, 0.05) is 12.3 Å². The zero-order valence-corrected chi connectivity index (χ0v) is 10.0. The van der Waals surface area contributed by atoms with E-state index >= 15 is 0 Å². The van der Waals surface area contributed by atoms with Crippen LogP contribution in [0.3, 0.4) is 0 Å². The lowest BCUT2D eigenvalue weighted by atomic mass is 9.73. The maximum Gasteiger partial charge on any atom is 0.136 e. The van der Waals surface area contributed by atoms with Crippen molar-refractivity contribution in [2.75, 3.05) is 0 Å². The van der Waals surface area contributed by atoms with E-state index < -0.39 is 0 Å². The number of carbonyl (C=O) groups excluding carboxylic acids is 1. The van der Waals surface area contributed by atoms with Crippen LogP contribution in [0.2, 0.25) is 0 Å². The van der Waals surface area contributed by atoms with Gasteiger partial charge in [0.1, 0.15) is 5.78 Å². The van der Waals surface area contributed by atoms with Gasteiger partial charge in [-0.05, 0) is 37.5 Å². The molecule has 0 aromatic carbocycles. The van der Waals surface area contributed by atoms with Crippen molar-refractivity contribution in [1.29, 1.82) is 0 Å². The zero-order valence-electron chi connectivity index (χ0n) is 10.0. The summed E-state index contributed by atoms with van der Waals surface area (Å²) < 4.78 is 0. The average Bonchev–Trinajstić information content (AvgIpc) is 2.44. The minimum atomic E-state index is 0.444. The van der Waals surface area contributed by atoms with Crippen LogP contribution in [0, 0.1) is 17.8 Å². The predicted molar refractivity (Wildman–Crippen MR) is 62.7 cm³/mol. The van der Waals surface area contributed by atoms with Gasteiger partial charge in [-0.15, -0.1) is 0 Å². The number of hydrogen-bond acceptors (Lipinski definition) is 1. The molecule has 2 aliphatic carbocycles. The molecule has 2 rings (SSSR count). The fourth-order valence-corrected chi connectivity index (χ4v) is 3.37. The Morgan fingerprint density at radius 3 is 2.40 bits per heavy atom. The minimum Gasteiger partial charge on any atom is -0.299 e. The van der Waals surface area contributed by atoms with E-state index in [1.807, 2.05) is 0 Å². The number of rotatable bonds is 1. The van der Waals surface area contributed by atoms with Crippen LogP contribution in [0.1, 0.15) is 64.7 Å². The first kappa shape index (κ1) is 11.2. The predicted octanol–water partition coefficient (Wildman–Crippen LogP) is 3.96. The third-order valence-electron chi connectivity index (χ3n) is 4.48. The molecule has 0 spiro atoms. The Balaban J connectivity index is 1.92. The van der Waals surface area contributed by atoms with E-state index in [0.29, 0.717) is 11.7 Å². The van der Waals surface area contributed by atoms with Crippen molar-refractivity contribution in [3.05, 3.63) is 0 Å². The summed E-state index contributed by atoms with van der Waals surface area (Å²) in [5.74, 6) is 2.68. The second-order valence-corrected chi connectivity index (χ2v) is 5.69. The summed E-state index contributed by atoms with van der Waals surface area (Å²) >= 11 is 0. The number of hydrogen-bond donors (Lipinski definition) is 0. The van der Waals surface area contributed by atoms with Gasteiger partial charge >= 0.3 is 0 Å². The van der Waals surface area contributed by atoms with Crippen LogP contribution in [-0.2, 0) is 4.79 Å². The van der Waals surface area contributed by atoms with Crippen molar-refractivity contribution < 1.29 is 4.79 Å². The van der Waals surface area contributed by atoms with Crippen LogP contribution in [0.5, 0.6) is 0 Å². The molecule has 2 fully saturated rings. The van der Waals surface area contributed by atoms with Gasteiger partial charge in [-0.2, -0.15) is 0 Å². The lowest BCUT2D eigenvalue weighted by molar-refractivity contribution is -0.124. The van der Waals surface area contributed by atoms with Crippen LogP contribution >= 0.6 is 0 Å². The van der Waals surface area contributed by atoms with E-state index in [2.05, 4.69) is 6.92 Å². The summed E-state index contributed by atoms with van der Waals surface area (Å²) in [6, 6.07) is 0. The molecule has 1 atom stereocenters. The van der Waals surface area contributed by atoms with E-state index in [-0.39, 0.29) is 0 Å². The Bertz CT molecular complexity index is 213. The maximum absolute atomic E-state index is 12.0. The molecule has 0 bridgehead atoms. The topological polar surface area (TPSA) is 17.1 Å². The largest absolute Gasteiger partial charge is 0.299 e. The highest BCUT2D eigenvalue weighted by Crippen LogP contribution is 2.37. The SMILES string of the molecule is CC1CCC(C2CCCCCC2=O)CC1. The van der Waals surface area contributed by atoms with Crippen molar-refractivity contribution in [2.45, 2.75) is 64.7 Å². The normalized spacial score (nSPS) is 38.7. The quantitative estimate of drug-likeness (QED) is 0.596. The highest BCUT2D eigenvalue weighted by atomic mass is 16.1. The molecule has 0 heterocycles. The van der Waals surface area contributed by atoms with Gasteiger partial charge in [0.25, 0.3) is 0 Å². The maximum atomic E-state index is 12.0. The third kappa shape index (κ3) is 2.83. The van der Waals surface area contributed by atoms with Crippen molar-refractivity contribution in [2.24, 2.45) is 17.8 Å². The Kier molecular flexibility index (Phi) is 3.82. The molecular weight excluding hydrogens is 184 g/mol. The summed E-state index contributed by atoms with van der Waals surface area (Å²) in [6.45, 7) is 2.35. The second-order valence-electron chi connectivity index (χ2n) is 5.69. The van der Waals surface area contributed by atoms with E-state index in [4.69, 9.17) is 0 Å². The van der Waals surface area contributed by atoms with Gasteiger partial charge < -0.3 is 0 Å². The first-order valence-electron chi connectivity index (χ1n) is 6.80. The molecule has 0 amide bonds. The highest BCUT2D eigenvalue weighted by molar-refractivity contribution is 5.81. The van der Waals surface area contributed by atoms with Gasteiger partial charge in [0.05, 0.1) is 0 Å². The van der Waals surface area contributed by atoms with E-state index in [1.165, 1.54) is 44.9 Å². The Morgan fingerprint density at radius 1 is 0.933 bits per heavy atom. The molecule has 2 saturated carbocycles. The Hall–Kier alpha value is -0.330. The minimum absolute atomic E-state index is 0.444. The average molecular weight is 208 g/mol. The first-order valence-corrected chi connectivity index (χ1v) is 6.80. The standard InChI is InChI=1S/C14H24O/c1-11-7-9-12(10-8-11)13-5-3-2-4-6-14(13)15/h11-13H,2-10H2,1H3. The molecule has 0 N–H and O–H groups in total. The van der Waals surface area contributed by atoms with Crippen molar-refractivity contribution in [1.82, 2.24) is 0 Å². The molecule has 1 unspecified atom stereocenters. The molecule has 15 heavy (non-hydrogen) atoms. The summed E-state index contributed by atoms with van der Waals surface area (Å²) in [5.41, 5.74) is 0. The molecule has 0 saturated heterocycles. The Labute approximate surface area is 93.6 Å². The highest BCUT2D eigenvalue weighted by Gasteiger charge is 2.31. The molecule has 1 nitrogen and oxygen atoms in total. The van der Waals surface area contributed by atoms with Crippen LogP contribution in [0.15, 0.2) is 0 Å². The fraction of sp³-hybridized carbons (Fsp3) is 0.929. The third-order valence-corrected chi connectivity index (χ3v) is 4.48. The van der Waals surface area contributed by atoms with Crippen LogP contribution in [-0.4, -0.2) is 5.78 Å². The van der Waals surface area contributed by atoms with Crippen molar-refractivity contribution in [3.8, 4) is 0 Å². The van der Waals surface area contributed by atoms with Gasteiger partial charge in [-0.25, -0.2) is 0 Å². The van der Waals surface area contributed by atoms with Crippen LogP contribution in [0.4, 0.5) is 0 Å². The molecule has 86 valence electrons. The van der Waals surface area contributed by atoms with Gasteiger partial charge in [0.2, 0.25) is 0 Å². The second kappa shape index (κ2) is 5.14. The van der Waals surface area contributed by atoms with Crippen LogP contribution < -0.4 is 0 Å². The monoisotopic (exact) mass is 208 g/mol. The van der Waals surface area contributed by atoms with E-state index in [9.17, 15) is 4.79 Å². The smallest absolute Gasteiger partial charge is 0.136 e. The lowest BCUT2D eigenvalue weighted by Crippen LogP contribution is -2.26. The summed E-state index contributed by atoms with van der Waals surface area (Å²) in [5, 5.41) is 0. The van der Waals surface area contributed by atoms with Gasteiger partial charge in [-0.1, -0.05) is 32.6 Å². The first-order chi connectivity index (χ1) is 7.27. The molecule has 0 aliphatic heterocycles. The molecule has 2 aliphatic rings. The molecule has 0 aromatic heterocycles. The summed E-state index contributed by atoms with van der Waals surface area (Å²) in [4.78, 5) is 12.0. The fourth-order valence-electron chi connectivity index (χ4n) is 3.37. The zero-order chi connectivity index (χ0) is 10.7. The number of carbonyl (C=O) groups is 1. The van der Waals surface area contributed by atoms with Crippen molar-refractivity contribution >= 4 is 5.78 Å².